The zero-order valence-electron chi connectivity index (χ0n) is 10.7. The third-order valence-electron chi connectivity index (χ3n) is 3.83. The van der Waals surface area contributed by atoms with Gasteiger partial charge in [-0.2, -0.15) is 0 Å². The lowest BCUT2D eigenvalue weighted by atomic mass is 9.99. The highest BCUT2D eigenvalue weighted by Crippen LogP contribution is 2.30. The molecule has 1 heteroatoms. The predicted octanol–water partition coefficient (Wildman–Crippen LogP) is 4.85. The van der Waals surface area contributed by atoms with Crippen molar-refractivity contribution in [2.75, 3.05) is 0 Å². The first-order valence-corrected chi connectivity index (χ1v) is 6.50. The van der Waals surface area contributed by atoms with E-state index in [2.05, 4.69) is 66.5 Å². The van der Waals surface area contributed by atoms with Gasteiger partial charge in [-0.1, -0.05) is 54.6 Å². The first-order chi connectivity index (χ1) is 9.34. The molecule has 0 N–H and O–H groups in total. The van der Waals surface area contributed by atoms with Crippen molar-refractivity contribution in [1.82, 2.24) is 4.98 Å². The normalized spacial score (nSPS) is 11.4. The third kappa shape index (κ3) is 1.45. The standard InChI is InChI=1S/C18H13N/c1-12-5-4-8-16-14(12)9-10-17-15-7-3-2-6-13(15)11-19-18(16)17/h2-11H,1H3. The molecule has 0 radical (unpaired) electrons. The van der Waals surface area contributed by atoms with Crippen LogP contribution in [-0.2, 0) is 0 Å². The Morgan fingerprint density at radius 3 is 2.37 bits per heavy atom. The summed E-state index contributed by atoms with van der Waals surface area (Å²) < 4.78 is 0. The summed E-state index contributed by atoms with van der Waals surface area (Å²) in [6.07, 6.45) is 1.97. The van der Waals surface area contributed by atoms with Gasteiger partial charge in [-0.25, -0.2) is 0 Å². The summed E-state index contributed by atoms with van der Waals surface area (Å²) in [4.78, 5) is 4.68. The summed E-state index contributed by atoms with van der Waals surface area (Å²) in [7, 11) is 0. The molecule has 1 nitrogen and oxygen atoms in total. The quantitative estimate of drug-likeness (QED) is 0.402. The van der Waals surface area contributed by atoms with Crippen LogP contribution in [-0.4, -0.2) is 4.98 Å². The van der Waals surface area contributed by atoms with Crippen molar-refractivity contribution in [2.24, 2.45) is 0 Å². The fourth-order valence-electron chi connectivity index (χ4n) is 2.84. The second-order valence-corrected chi connectivity index (χ2v) is 4.98. The molecule has 4 rings (SSSR count). The molecule has 1 aromatic heterocycles. The van der Waals surface area contributed by atoms with Crippen LogP contribution >= 0.6 is 0 Å². The second-order valence-electron chi connectivity index (χ2n) is 4.98. The Morgan fingerprint density at radius 2 is 1.42 bits per heavy atom. The Kier molecular flexibility index (Phi) is 2.10. The van der Waals surface area contributed by atoms with Gasteiger partial charge in [0.05, 0.1) is 5.52 Å². The summed E-state index contributed by atoms with van der Waals surface area (Å²) in [5, 5.41) is 6.23. The van der Waals surface area contributed by atoms with Crippen molar-refractivity contribution in [3.8, 4) is 0 Å². The number of aromatic nitrogens is 1. The van der Waals surface area contributed by atoms with Crippen molar-refractivity contribution in [1.29, 1.82) is 0 Å². The van der Waals surface area contributed by atoms with E-state index in [1.54, 1.807) is 0 Å². The van der Waals surface area contributed by atoms with Crippen LogP contribution in [0.1, 0.15) is 5.56 Å². The minimum Gasteiger partial charge on any atom is -0.255 e. The van der Waals surface area contributed by atoms with Gasteiger partial charge in [-0.15, -0.1) is 0 Å². The molecule has 0 aliphatic heterocycles. The molecule has 0 saturated carbocycles. The summed E-state index contributed by atoms with van der Waals surface area (Å²) in [6, 6.07) is 19.2. The van der Waals surface area contributed by atoms with Crippen LogP contribution < -0.4 is 0 Å². The molecule has 0 bridgehead atoms. The number of benzene rings is 3. The lowest BCUT2D eigenvalue weighted by Crippen LogP contribution is -1.85. The average Bonchev–Trinajstić information content (AvgIpc) is 2.47. The molecule has 90 valence electrons. The zero-order chi connectivity index (χ0) is 12.8. The summed E-state index contributed by atoms with van der Waals surface area (Å²) in [5.41, 5.74) is 2.40. The maximum atomic E-state index is 4.68. The minimum absolute atomic E-state index is 1.10. The molecule has 0 saturated heterocycles. The zero-order valence-corrected chi connectivity index (χ0v) is 10.7. The number of pyridine rings is 1. The van der Waals surface area contributed by atoms with Gasteiger partial charge in [0.25, 0.3) is 0 Å². The number of nitrogens with zero attached hydrogens (tertiary/aromatic N) is 1. The van der Waals surface area contributed by atoms with Crippen LogP contribution in [0.4, 0.5) is 0 Å². The van der Waals surface area contributed by atoms with Gasteiger partial charge in [0.1, 0.15) is 0 Å². The molecule has 19 heavy (non-hydrogen) atoms. The Morgan fingerprint density at radius 1 is 0.684 bits per heavy atom. The Labute approximate surface area is 111 Å². The van der Waals surface area contributed by atoms with Gasteiger partial charge in [-0.05, 0) is 23.3 Å². The topological polar surface area (TPSA) is 12.9 Å². The fraction of sp³-hybridized carbons (Fsp3) is 0.0556. The van der Waals surface area contributed by atoms with Crippen LogP contribution in [0.25, 0.3) is 32.4 Å². The molecule has 0 spiro atoms. The smallest absolute Gasteiger partial charge is 0.0786 e. The van der Waals surface area contributed by atoms with E-state index in [0.717, 1.165) is 5.52 Å². The molecule has 0 atom stereocenters. The van der Waals surface area contributed by atoms with Gasteiger partial charge in [0.2, 0.25) is 0 Å². The Hall–Kier alpha value is -2.41. The number of hydrogen-bond donors (Lipinski definition) is 0. The van der Waals surface area contributed by atoms with E-state index in [1.807, 2.05) is 6.20 Å². The first kappa shape index (κ1) is 10.5. The molecule has 0 amide bonds. The Balaban J connectivity index is 2.29. The Bertz CT molecular complexity index is 922. The van der Waals surface area contributed by atoms with Crippen LogP contribution in [0, 0.1) is 6.92 Å². The fourth-order valence-corrected chi connectivity index (χ4v) is 2.84. The van der Waals surface area contributed by atoms with Crippen LogP contribution in [0.5, 0.6) is 0 Å². The van der Waals surface area contributed by atoms with Crippen molar-refractivity contribution < 1.29 is 0 Å². The van der Waals surface area contributed by atoms with Gasteiger partial charge in [0, 0.05) is 22.4 Å². The monoisotopic (exact) mass is 243 g/mol. The summed E-state index contributed by atoms with van der Waals surface area (Å²) >= 11 is 0. The predicted molar refractivity (Wildman–Crippen MR) is 81.5 cm³/mol. The van der Waals surface area contributed by atoms with Crippen molar-refractivity contribution in [3.63, 3.8) is 0 Å². The molecule has 0 fully saturated rings. The molecule has 3 aromatic carbocycles. The van der Waals surface area contributed by atoms with Gasteiger partial charge >= 0.3 is 0 Å². The van der Waals surface area contributed by atoms with E-state index in [4.69, 9.17) is 0 Å². The molecular formula is C18H13N. The number of hydrogen-bond acceptors (Lipinski definition) is 1. The van der Waals surface area contributed by atoms with E-state index in [0.29, 0.717) is 0 Å². The minimum atomic E-state index is 1.10. The van der Waals surface area contributed by atoms with Crippen LogP contribution in [0.2, 0.25) is 0 Å². The lowest BCUT2D eigenvalue weighted by molar-refractivity contribution is 1.45. The molecule has 1 heterocycles. The van der Waals surface area contributed by atoms with Crippen molar-refractivity contribution in [2.45, 2.75) is 6.92 Å². The van der Waals surface area contributed by atoms with E-state index in [-0.39, 0.29) is 0 Å². The molecular weight excluding hydrogens is 230 g/mol. The molecule has 4 aromatic rings. The molecule has 0 aliphatic rings. The van der Waals surface area contributed by atoms with Gasteiger partial charge in [0.15, 0.2) is 0 Å². The first-order valence-electron chi connectivity index (χ1n) is 6.50. The molecule has 0 aliphatic carbocycles. The third-order valence-corrected chi connectivity index (χ3v) is 3.83. The van der Waals surface area contributed by atoms with E-state index < -0.39 is 0 Å². The highest BCUT2D eigenvalue weighted by molar-refractivity contribution is 6.15. The van der Waals surface area contributed by atoms with Crippen LogP contribution in [0.3, 0.4) is 0 Å². The lowest BCUT2D eigenvalue weighted by Gasteiger charge is -2.08. The average molecular weight is 243 g/mol. The summed E-state index contributed by atoms with van der Waals surface area (Å²) in [6.45, 7) is 2.15. The van der Waals surface area contributed by atoms with E-state index >= 15 is 0 Å². The number of rotatable bonds is 0. The van der Waals surface area contributed by atoms with Crippen molar-refractivity contribution >= 4 is 32.4 Å². The second kappa shape index (κ2) is 3.79. The largest absolute Gasteiger partial charge is 0.255 e. The summed E-state index contributed by atoms with van der Waals surface area (Å²) in [5.74, 6) is 0. The highest BCUT2D eigenvalue weighted by atomic mass is 14.7. The van der Waals surface area contributed by atoms with Gasteiger partial charge < -0.3 is 0 Å². The SMILES string of the molecule is Cc1cccc2c1ccc1c3ccccc3cnc21. The van der Waals surface area contributed by atoms with E-state index in [1.165, 1.54) is 32.5 Å². The number of aryl methyl sites for hydroxylation is 1. The van der Waals surface area contributed by atoms with Crippen molar-refractivity contribution in [3.05, 3.63) is 66.4 Å². The van der Waals surface area contributed by atoms with Gasteiger partial charge in [-0.3, -0.25) is 4.98 Å². The molecule has 0 unspecified atom stereocenters. The number of fused-ring (bicyclic) bond motifs is 5. The maximum Gasteiger partial charge on any atom is 0.0786 e. The van der Waals surface area contributed by atoms with E-state index in [9.17, 15) is 0 Å². The van der Waals surface area contributed by atoms with Crippen LogP contribution in [0.15, 0.2) is 60.8 Å². The highest BCUT2D eigenvalue weighted by Gasteiger charge is 2.06. The maximum absolute atomic E-state index is 4.68.